The first-order valence-electron chi connectivity index (χ1n) is 8.71. The minimum absolute atomic E-state index is 0.0425. The third-order valence-corrected chi connectivity index (χ3v) is 4.49. The summed E-state index contributed by atoms with van der Waals surface area (Å²) in [7, 11) is 0. The molecular formula is C19H23N5O2. The Morgan fingerprint density at radius 2 is 1.62 bits per heavy atom. The van der Waals surface area contributed by atoms with Crippen LogP contribution in [0.15, 0.2) is 36.4 Å². The Morgan fingerprint density at radius 1 is 0.962 bits per heavy atom. The molecule has 0 aliphatic carbocycles. The topological polar surface area (TPSA) is 78.4 Å². The molecule has 2 aromatic rings. The molecule has 1 aliphatic rings. The van der Waals surface area contributed by atoms with E-state index in [2.05, 4.69) is 46.7 Å². The number of nitrogens with zero attached hydrogens (tertiary/aromatic N) is 4. The molecule has 136 valence electrons. The van der Waals surface area contributed by atoms with Crippen molar-refractivity contribution in [3.8, 4) is 0 Å². The summed E-state index contributed by atoms with van der Waals surface area (Å²) in [5.41, 5.74) is 2.70. The quantitative estimate of drug-likeness (QED) is 0.905. The van der Waals surface area contributed by atoms with Gasteiger partial charge in [-0.2, -0.15) is 0 Å². The Labute approximate surface area is 153 Å². The molecule has 1 saturated heterocycles. The van der Waals surface area contributed by atoms with Crippen LogP contribution in [-0.4, -0.2) is 58.0 Å². The van der Waals surface area contributed by atoms with E-state index in [4.69, 9.17) is 0 Å². The van der Waals surface area contributed by atoms with E-state index in [1.54, 1.807) is 28.9 Å². The molecular weight excluding hydrogens is 330 g/mol. The van der Waals surface area contributed by atoms with Crippen molar-refractivity contribution in [2.75, 3.05) is 31.5 Å². The van der Waals surface area contributed by atoms with Crippen LogP contribution >= 0.6 is 0 Å². The van der Waals surface area contributed by atoms with Gasteiger partial charge in [0.2, 0.25) is 5.91 Å². The Bertz CT molecular complexity index is 766. The molecule has 0 spiro atoms. The van der Waals surface area contributed by atoms with Gasteiger partial charge in [0.15, 0.2) is 5.69 Å². The van der Waals surface area contributed by atoms with Crippen molar-refractivity contribution in [1.29, 1.82) is 0 Å². The average Bonchev–Trinajstić information content (AvgIpc) is 2.67. The molecule has 0 unspecified atom stereocenters. The zero-order valence-electron chi connectivity index (χ0n) is 15.1. The molecule has 1 aromatic carbocycles. The van der Waals surface area contributed by atoms with Gasteiger partial charge in [0, 0.05) is 39.6 Å². The highest BCUT2D eigenvalue weighted by molar-refractivity contribution is 5.92. The van der Waals surface area contributed by atoms with Crippen molar-refractivity contribution in [2.45, 2.75) is 20.4 Å². The van der Waals surface area contributed by atoms with E-state index in [1.165, 1.54) is 5.56 Å². The van der Waals surface area contributed by atoms with Gasteiger partial charge in [0.1, 0.15) is 5.82 Å². The molecule has 3 rings (SSSR count). The Hall–Kier alpha value is -2.96. The molecule has 0 radical (unpaired) electrons. The fourth-order valence-corrected chi connectivity index (χ4v) is 2.83. The highest BCUT2D eigenvalue weighted by Crippen LogP contribution is 2.10. The van der Waals surface area contributed by atoms with E-state index in [-0.39, 0.29) is 11.8 Å². The fraction of sp³-hybridized carbons (Fsp3) is 0.368. The van der Waals surface area contributed by atoms with E-state index in [0.29, 0.717) is 44.2 Å². The Morgan fingerprint density at radius 3 is 2.19 bits per heavy atom. The summed E-state index contributed by atoms with van der Waals surface area (Å²) in [4.78, 5) is 27.3. The van der Waals surface area contributed by atoms with Crippen molar-refractivity contribution in [2.24, 2.45) is 0 Å². The summed E-state index contributed by atoms with van der Waals surface area (Å²) < 4.78 is 0. The molecule has 2 heterocycles. The van der Waals surface area contributed by atoms with Gasteiger partial charge >= 0.3 is 0 Å². The number of aromatic nitrogens is 2. The number of piperazine rings is 1. The van der Waals surface area contributed by atoms with Crippen LogP contribution in [-0.2, 0) is 11.3 Å². The first-order chi connectivity index (χ1) is 12.5. The molecule has 2 amide bonds. The molecule has 26 heavy (non-hydrogen) atoms. The highest BCUT2D eigenvalue weighted by atomic mass is 16.2. The molecule has 0 atom stereocenters. The second-order valence-electron chi connectivity index (χ2n) is 6.44. The van der Waals surface area contributed by atoms with Crippen LogP contribution in [0.25, 0.3) is 0 Å². The van der Waals surface area contributed by atoms with Gasteiger partial charge in [-0.05, 0) is 24.6 Å². The van der Waals surface area contributed by atoms with Gasteiger partial charge in [-0.3, -0.25) is 9.59 Å². The number of hydrogen-bond acceptors (Lipinski definition) is 5. The molecule has 0 bridgehead atoms. The van der Waals surface area contributed by atoms with Gasteiger partial charge in [-0.25, -0.2) is 0 Å². The zero-order valence-corrected chi connectivity index (χ0v) is 15.1. The van der Waals surface area contributed by atoms with E-state index in [1.807, 2.05) is 0 Å². The lowest BCUT2D eigenvalue weighted by Gasteiger charge is -2.33. The largest absolute Gasteiger partial charge is 0.365 e. The first-order valence-corrected chi connectivity index (χ1v) is 8.71. The van der Waals surface area contributed by atoms with Crippen LogP contribution in [0.2, 0.25) is 0 Å². The zero-order chi connectivity index (χ0) is 18.5. The molecule has 1 N–H and O–H groups in total. The van der Waals surface area contributed by atoms with Gasteiger partial charge in [-0.1, -0.05) is 29.8 Å². The van der Waals surface area contributed by atoms with Crippen LogP contribution in [0.4, 0.5) is 5.82 Å². The first kappa shape index (κ1) is 17.8. The number of rotatable bonds is 4. The normalized spacial score (nSPS) is 14.2. The molecule has 1 aromatic heterocycles. The van der Waals surface area contributed by atoms with Crippen LogP contribution in [0.1, 0.15) is 28.5 Å². The highest BCUT2D eigenvalue weighted by Gasteiger charge is 2.24. The maximum atomic E-state index is 12.5. The number of hydrogen-bond donors (Lipinski definition) is 1. The van der Waals surface area contributed by atoms with Crippen molar-refractivity contribution in [1.82, 2.24) is 20.0 Å². The van der Waals surface area contributed by atoms with Gasteiger partial charge < -0.3 is 15.1 Å². The standard InChI is InChI=1S/C19H23N5O2/c1-14-3-5-16(6-4-14)13-20-18-8-7-17(21-22-18)19(26)24-11-9-23(10-12-24)15(2)25/h3-8H,9-13H2,1-2H3,(H,20,22). The molecule has 7 nitrogen and oxygen atoms in total. The van der Waals surface area contributed by atoms with Crippen molar-refractivity contribution in [3.63, 3.8) is 0 Å². The second-order valence-corrected chi connectivity index (χ2v) is 6.44. The minimum Gasteiger partial charge on any atom is -0.365 e. The van der Waals surface area contributed by atoms with E-state index in [0.717, 1.165) is 5.56 Å². The molecule has 1 fully saturated rings. The second kappa shape index (κ2) is 7.95. The number of aryl methyl sites for hydroxylation is 1. The molecule has 7 heteroatoms. The third-order valence-electron chi connectivity index (χ3n) is 4.49. The third kappa shape index (κ3) is 4.36. The number of carbonyl (C=O) groups is 2. The number of amides is 2. The summed E-state index contributed by atoms with van der Waals surface area (Å²) in [5.74, 6) is 0.523. The lowest BCUT2D eigenvalue weighted by atomic mass is 10.1. The number of carbonyl (C=O) groups excluding carboxylic acids is 2. The summed E-state index contributed by atoms with van der Waals surface area (Å²) in [5, 5.41) is 11.3. The van der Waals surface area contributed by atoms with E-state index in [9.17, 15) is 9.59 Å². The smallest absolute Gasteiger partial charge is 0.274 e. The van der Waals surface area contributed by atoms with Crippen LogP contribution in [0.3, 0.4) is 0 Å². The lowest BCUT2D eigenvalue weighted by Crippen LogP contribution is -2.50. The number of benzene rings is 1. The van der Waals surface area contributed by atoms with Crippen LogP contribution < -0.4 is 5.32 Å². The summed E-state index contributed by atoms with van der Waals surface area (Å²) in [6, 6.07) is 11.7. The Balaban J connectivity index is 1.54. The minimum atomic E-state index is -0.147. The van der Waals surface area contributed by atoms with Crippen molar-refractivity contribution >= 4 is 17.6 Å². The van der Waals surface area contributed by atoms with Crippen LogP contribution in [0.5, 0.6) is 0 Å². The summed E-state index contributed by atoms with van der Waals surface area (Å²) >= 11 is 0. The van der Waals surface area contributed by atoms with E-state index >= 15 is 0 Å². The number of nitrogens with one attached hydrogen (secondary N) is 1. The molecule has 0 saturated carbocycles. The SMILES string of the molecule is CC(=O)N1CCN(C(=O)c2ccc(NCc3ccc(C)cc3)nn2)CC1. The van der Waals surface area contributed by atoms with Gasteiger partial charge in [-0.15, -0.1) is 10.2 Å². The number of anilines is 1. The van der Waals surface area contributed by atoms with Crippen molar-refractivity contribution in [3.05, 3.63) is 53.2 Å². The van der Waals surface area contributed by atoms with E-state index < -0.39 is 0 Å². The predicted molar refractivity (Wildman–Crippen MR) is 98.7 cm³/mol. The Kier molecular flexibility index (Phi) is 5.46. The lowest BCUT2D eigenvalue weighted by molar-refractivity contribution is -0.130. The van der Waals surface area contributed by atoms with Crippen LogP contribution in [0, 0.1) is 6.92 Å². The summed E-state index contributed by atoms with van der Waals surface area (Å²) in [6.45, 7) is 6.41. The maximum Gasteiger partial charge on any atom is 0.274 e. The van der Waals surface area contributed by atoms with Crippen molar-refractivity contribution < 1.29 is 9.59 Å². The van der Waals surface area contributed by atoms with Gasteiger partial charge in [0.05, 0.1) is 0 Å². The monoisotopic (exact) mass is 353 g/mol. The van der Waals surface area contributed by atoms with Gasteiger partial charge in [0.25, 0.3) is 5.91 Å². The maximum absolute atomic E-state index is 12.5. The predicted octanol–water partition coefficient (Wildman–Crippen LogP) is 1.70. The fourth-order valence-electron chi connectivity index (χ4n) is 2.83. The average molecular weight is 353 g/mol. The molecule has 1 aliphatic heterocycles. The summed E-state index contributed by atoms with van der Waals surface area (Å²) in [6.07, 6.45) is 0.